The fourth-order valence-corrected chi connectivity index (χ4v) is 5.23. The van der Waals surface area contributed by atoms with E-state index in [0.29, 0.717) is 11.6 Å². The number of amides is 1. The van der Waals surface area contributed by atoms with Gasteiger partial charge in [0.2, 0.25) is 0 Å². The van der Waals surface area contributed by atoms with Crippen LogP contribution >= 0.6 is 11.5 Å². The molecule has 0 unspecified atom stereocenters. The predicted octanol–water partition coefficient (Wildman–Crippen LogP) is 6.79. The van der Waals surface area contributed by atoms with Crippen LogP contribution in [-0.4, -0.2) is 21.5 Å². The molecule has 7 heteroatoms. The summed E-state index contributed by atoms with van der Waals surface area (Å²) in [7, 11) is 0. The van der Waals surface area contributed by atoms with E-state index in [2.05, 4.69) is 34.0 Å². The lowest BCUT2D eigenvalue weighted by Crippen LogP contribution is -2.20. The number of aryl methyl sites for hydroxylation is 1. The molecule has 1 heterocycles. The smallest absolute Gasteiger partial charge is 0.412 e. The minimum atomic E-state index is -0.680. The van der Waals surface area contributed by atoms with E-state index in [4.69, 9.17) is 4.74 Å². The number of aromatic nitrogens is 1. The van der Waals surface area contributed by atoms with E-state index in [1.165, 1.54) is 17.1 Å². The van der Waals surface area contributed by atoms with Gasteiger partial charge in [0.1, 0.15) is 6.10 Å². The van der Waals surface area contributed by atoms with E-state index in [1.54, 1.807) is 0 Å². The van der Waals surface area contributed by atoms with Crippen molar-refractivity contribution >= 4 is 29.3 Å². The van der Waals surface area contributed by atoms with Crippen LogP contribution in [0.2, 0.25) is 0 Å². The lowest BCUT2D eigenvalue weighted by atomic mass is 9.78. The summed E-state index contributed by atoms with van der Waals surface area (Å²) in [5.74, 6) is -0.496. The Kier molecular flexibility index (Phi) is 7.08. The van der Waals surface area contributed by atoms with Crippen molar-refractivity contribution in [3.05, 3.63) is 71.4 Å². The molecule has 0 spiro atoms. The quantitative estimate of drug-likeness (QED) is 0.419. The van der Waals surface area contributed by atoms with Gasteiger partial charge in [0.05, 0.1) is 22.2 Å². The molecule has 1 aromatic heterocycles. The van der Waals surface area contributed by atoms with Crippen LogP contribution in [0.25, 0.3) is 10.4 Å². The Morgan fingerprint density at radius 2 is 1.73 bits per heavy atom. The van der Waals surface area contributed by atoms with Gasteiger partial charge < -0.3 is 9.84 Å². The summed E-state index contributed by atoms with van der Waals surface area (Å²) < 4.78 is 10.0. The molecule has 3 aromatic rings. The number of aliphatic carboxylic acids is 1. The Morgan fingerprint density at radius 3 is 2.36 bits per heavy atom. The SMILES string of the molecule is Cc1nsc(-c2ccc(C3CCC(C(=O)O)CC3)cc2)c1NC(=O)O[C@H](C)c1ccccc1. The van der Waals surface area contributed by atoms with Gasteiger partial charge in [-0.25, -0.2) is 4.79 Å². The first-order chi connectivity index (χ1) is 15.9. The Balaban J connectivity index is 1.43. The molecule has 1 fully saturated rings. The van der Waals surface area contributed by atoms with Crippen molar-refractivity contribution in [2.24, 2.45) is 5.92 Å². The number of nitrogens with one attached hydrogen (secondary N) is 1. The van der Waals surface area contributed by atoms with Crippen LogP contribution in [0.1, 0.15) is 61.4 Å². The summed E-state index contributed by atoms with van der Waals surface area (Å²) >= 11 is 1.35. The molecule has 172 valence electrons. The van der Waals surface area contributed by atoms with Gasteiger partial charge in [-0.2, -0.15) is 4.37 Å². The summed E-state index contributed by atoms with van der Waals surface area (Å²) in [5, 5.41) is 12.1. The van der Waals surface area contributed by atoms with Crippen LogP contribution < -0.4 is 5.32 Å². The first-order valence-electron chi connectivity index (χ1n) is 11.2. The lowest BCUT2D eigenvalue weighted by molar-refractivity contribution is -0.142. The van der Waals surface area contributed by atoms with Crippen molar-refractivity contribution in [3.63, 3.8) is 0 Å². The Labute approximate surface area is 197 Å². The van der Waals surface area contributed by atoms with E-state index < -0.39 is 12.1 Å². The molecule has 0 saturated heterocycles. The van der Waals surface area contributed by atoms with Crippen molar-refractivity contribution in [3.8, 4) is 10.4 Å². The molecule has 0 aliphatic heterocycles. The number of hydrogen-bond donors (Lipinski definition) is 2. The minimum Gasteiger partial charge on any atom is -0.481 e. The summed E-state index contributed by atoms with van der Waals surface area (Å²) in [4.78, 5) is 24.7. The molecular weight excluding hydrogens is 436 g/mol. The van der Waals surface area contributed by atoms with Gasteiger partial charge >= 0.3 is 12.1 Å². The van der Waals surface area contributed by atoms with Gasteiger partial charge in [-0.05, 0) is 73.7 Å². The highest BCUT2D eigenvalue weighted by atomic mass is 32.1. The number of carboxylic acid groups (broad SMARTS) is 1. The van der Waals surface area contributed by atoms with Gasteiger partial charge in [-0.1, -0.05) is 54.6 Å². The normalized spacial score (nSPS) is 19.0. The molecule has 1 saturated carbocycles. The van der Waals surface area contributed by atoms with Crippen molar-refractivity contribution in [1.82, 2.24) is 4.37 Å². The number of benzene rings is 2. The zero-order chi connectivity index (χ0) is 23.4. The monoisotopic (exact) mass is 464 g/mol. The van der Waals surface area contributed by atoms with Crippen LogP contribution in [0.4, 0.5) is 10.5 Å². The number of carbonyl (C=O) groups excluding carboxylic acids is 1. The molecule has 0 radical (unpaired) electrons. The maximum atomic E-state index is 12.6. The second-order valence-corrected chi connectivity index (χ2v) is 9.34. The molecule has 1 atom stereocenters. The first-order valence-corrected chi connectivity index (χ1v) is 12.0. The summed E-state index contributed by atoms with van der Waals surface area (Å²) in [6, 6.07) is 17.9. The Morgan fingerprint density at radius 1 is 1.06 bits per heavy atom. The molecule has 1 amide bonds. The maximum absolute atomic E-state index is 12.6. The van der Waals surface area contributed by atoms with Crippen LogP contribution in [0, 0.1) is 12.8 Å². The number of hydrogen-bond acceptors (Lipinski definition) is 5. The molecule has 2 aromatic carbocycles. The highest BCUT2D eigenvalue weighted by Gasteiger charge is 2.27. The second kappa shape index (κ2) is 10.2. The number of carbonyl (C=O) groups is 2. The number of ether oxygens (including phenoxy) is 1. The highest BCUT2D eigenvalue weighted by molar-refractivity contribution is 7.10. The predicted molar refractivity (Wildman–Crippen MR) is 130 cm³/mol. The number of carboxylic acids is 1. The van der Waals surface area contributed by atoms with Crippen LogP contribution in [0.5, 0.6) is 0 Å². The number of rotatable bonds is 6. The van der Waals surface area contributed by atoms with Crippen LogP contribution in [-0.2, 0) is 9.53 Å². The van der Waals surface area contributed by atoms with E-state index in [1.807, 2.05) is 44.2 Å². The Bertz CT molecular complexity index is 1100. The molecule has 0 bridgehead atoms. The first kappa shape index (κ1) is 23.0. The average molecular weight is 465 g/mol. The molecular formula is C26H28N2O4S. The fraction of sp³-hybridized carbons (Fsp3) is 0.346. The second-order valence-electron chi connectivity index (χ2n) is 8.56. The average Bonchev–Trinajstić information content (AvgIpc) is 3.19. The molecule has 33 heavy (non-hydrogen) atoms. The minimum absolute atomic E-state index is 0.210. The Hall–Kier alpha value is -3.19. The standard InChI is InChI=1S/C26H28N2O4S/c1-16-23(27-26(31)32-17(2)18-6-4-3-5-7-18)24(33-28-16)21-12-8-19(9-13-21)20-10-14-22(15-11-20)25(29)30/h3-9,12-13,17,20,22H,10-11,14-15H2,1-2H3,(H,27,31)(H,29,30)/t17-,20?,22?/m1/s1. The molecule has 6 nitrogen and oxygen atoms in total. The van der Waals surface area contributed by atoms with Crippen molar-refractivity contribution in [2.75, 3.05) is 5.32 Å². The molecule has 4 rings (SSSR count). The zero-order valence-electron chi connectivity index (χ0n) is 18.8. The van der Waals surface area contributed by atoms with E-state index in [-0.39, 0.29) is 12.0 Å². The summed E-state index contributed by atoms with van der Waals surface area (Å²) in [5.41, 5.74) is 4.56. The highest BCUT2D eigenvalue weighted by Crippen LogP contribution is 2.39. The number of nitrogens with zero attached hydrogens (tertiary/aromatic N) is 1. The van der Waals surface area contributed by atoms with E-state index >= 15 is 0 Å². The largest absolute Gasteiger partial charge is 0.481 e. The van der Waals surface area contributed by atoms with Gasteiger partial charge in [0, 0.05) is 0 Å². The van der Waals surface area contributed by atoms with Gasteiger partial charge in [-0.15, -0.1) is 0 Å². The summed E-state index contributed by atoms with van der Waals surface area (Å²) in [6.45, 7) is 3.71. The molecule has 1 aliphatic rings. The third-order valence-electron chi connectivity index (χ3n) is 6.36. The van der Waals surface area contributed by atoms with Gasteiger partial charge in [0.15, 0.2) is 0 Å². The maximum Gasteiger partial charge on any atom is 0.412 e. The van der Waals surface area contributed by atoms with E-state index in [0.717, 1.165) is 47.4 Å². The van der Waals surface area contributed by atoms with Crippen LogP contribution in [0.15, 0.2) is 54.6 Å². The zero-order valence-corrected chi connectivity index (χ0v) is 19.6. The van der Waals surface area contributed by atoms with Crippen LogP contribution in [0.3, 0.4) is 0 Å². The van der Waals surface area contributed by atoms with Gasteiger partial charge in [0.25, 0.3) is 0 Å². The van der Waals surface area contributed by atoms with E-state index in [9.17, 15) is 14.7 Å². The van der Waals surface area contributed by atoms with Crippen molar-refractivity contribution in [2.45, 2.75) is 51.6 Å². The topological polar surface area (TPSA) is 88.5 Å². The third kappa shape index (κ3) is 5.42. The third-order valence-corrected chi connectivity index (χ3v) is 7.35. The molecule has 2 N–H and O–H groups in total. The lowest BCUT2D eigenvalue weighted by Gasteiger charge is -2.26. The molecule has 1 aliphatic carbocycles. The number of anilines is 1. The van der Waals surface area contributed by atoms with Crippen molar-refractivity contribution in [1.29, 1.82) is 0 Å². The summed E-state index contributed by atoms with van der Waals surface area (Å²) in [6.07, 6.45) is 2.38. The fourth-order valence-electron chi connectivity index (χ4n) is 4.38. The van der Waals surface area contributed by atoms with Crippen molar-refractivity contribution < 1.29 is 19.4 Å². The van der Waals surface area contributed by atoms with Gasteiger partial charge in [-0.3, -0.25) is 10.1 Å².